The number of nitrogens with two attached hydrogens (primary N) is 2. The molecule has 82 valence electrons. The van der Waals surface area contributed by atoms with Gasteiger partial charge in [0.1, 0.15) is 0 Å². The summed E-state index contributed by atoms with van der Waals surface area (Å²) >= 11 is 0. The minimum absolute atomic E-state index is 0.0967. The van der Waals surface area contributed by atoms with E-state index in [1.54, 1.807) is 0 Å². The monoisotopic (exact) mass is 202 g/mol. The van der Waals surface area contributed by atoms with Crippen LogP contribution in [0.5, 0.6) is 0 Å². The molecule has 6 nitrogen and oxygen atoms in total. The molecular weight excluding hydrogens is 184 g/mol. The average Bonchev–Trinajstić information content (AvgIpc) is 2.13. The SMILES string of the molecule is NCCC(=O)NCCNC(=O)CCN. The quantitative estimate of drug-likeness (QED) is 0.355. The molecule has 0 heterocycles. The summed E-state index contributed by atoms with van der Waals surface area (Å²) in [6.45, 7) is 1.53. The summed E-state index contributed by atoms with van der Waals surface area (Å²) < 4.78 is 0. The standard InChI is InChI=1S/C8H18N4O2/c9-3-1-7(13)11-5-6-12-8(14)2-4-10/h1-6,9-10H2,(H,11,13)(H,12,14). The Hall–Kier alpha value is -1.14. The maximum Gasteiger partial charge on any atom is 0.221 e. The lowest BCUT2D eigenvalue weighted by Crippen LogP contribution is -2.35. The molecule has 14 heavy (non-hydrogen) atoms. The van der Waals surface area contributed by atoms with Crippen molar-refractivity contribution in [1.82, 2.24) is 10.6 Å². The third-order valence-corrected chi connectivity index (χ3v) is 1.51. The van der Waals surface area contributed by atoms with Crippen LogP contribution < -0.4 is 22.1 Å². The van der Waals surface area contributed by atoms with Crippen LogP contribution >= 0.6 is 0 Å². The molecular formula is C8H18N4O2. The molecule has 0 radical (unpaired) electrons. The van der Waals surface area contributed by atoms with E-state index in [-0.39, 0.29) is 11.8 Å². The van der Waals surface area contributed by atoms with Crippen LogP contribution in [0.25, 0.3) is 0 Å². The van der Waals surface area contributed by atoms with Crippen LogP contribution in [0.4, 0.5) is 0 Å². The molecule has 0 saturated heterocycles. The predicted octanol–water partition coefficient (Wildman–Crippen LogP) is -2.08. The number of nitrogens with one attached hydrogen (secondary N) is 2. The number of hydrogen-bond donors (Lipinski definition) is 4. The number of rotatable bonds is 7. The van der Waals surface area contributed by atoms with Crippen LogP contribution in [-0.2, 0) is 9.59 Å². The number of carbonyl (C=O) groups is 2. The van der Waals surface area contributed by atoms with Crippen LogP contribution in [-0.4, -0.2) is 38.0 Å². The van der Waals surface area contributed by atoms with Crippen LogP contribution in [0.3, 0.4) is 0 Å². The maximum absolute atomic E-state index is 10.9. The Morgan fingerprint density at radius 2 is 1.21 bits per heavy atom. The zero-order valence-corrected chi connectivity index (χ0v) is 8.21. The molecule has 6 N–H and O–H groups in total. The van der Waals surface area contributed by atoms with Gasteiger partial charge in [-0.3, -0.25) is 9.59 Å². The fourth-order valence-electron chi connectivity index (χ4n) is 0.843. The van der Waals surface area contributed by atoms with E-state index in [1.165, 1.54) is 0 Å². The van der Waals surface area contributed by atoms with E-state index in [0.29, 0.717) is 39.0 Å². The van der Waals surface area contributed by atoms with E-state index in [2.05, 4.69) is 10.6 Å². The maximum atomic E-state index is 10.9. The lowest BCUT2D eigenvalue weighted by molar-refractivity contribution is -0.122. The fourth-order valence-corrected chi connectivity index (χ4v) is 0.843. The Morgan fingerprint density at radius 1 is 0.857 bits per heavy atom. The van der Waals surface area contributed by atoms with Gasteiger partial charge in [0, 0.05) is 39.0 Å². The molecule has 0 saturated carbocycles. The molecule has 0 spiro atoms. The van der Waals surface area contributed by atoms with Crippen LogP contribution in [0.15, 0.2) is 0 Å². The fraction of sp³-hybridized carbons (Fsp3) is 0.750. The minimum Gasteiger partial charge on any atom is -0.354 e. The second-order valence-electron chi connectivity index (χ2n) is 2.78. The van der Waals surface area contributed by atoms with Crippen molar-refractivity contribution >= 4 is 11.8 Å². The van der Waals surface area contributed by atoms with Crippen molar-refractivity contribution < 1.29 is 9.59 Å². The van der Waals surface area contributed by atoms with Gasteiger partial charge in [-0.05, 0) is 0 Å². The lowest BCUT2D eigenvalue weighted by atomic mass is 10.4. The van der Waals surface area contributed by atoms with Gasteiger partial charge in [0.05, 0.1) is 0 Å². The summed E-state index contributed by atoms with van der Waals surface area (Å²) in [5, 5.41) is 5.23. The first-order chi connectivity index (χ1) is 6.70. The summed E-state index contributed by atoms with van der Waals surface area (Å²) in [7, 11) is 0. The normalized spacial score (nSPS) is 9.57. The van der Waals surface area contributed by atoms with Gasteiger partial charge in [0.25, 0.3) is 0 Å². The van der Waals surface area contributed by atoms with Gasteiger partial charge in [-0.25, -0.2) is 0 Å². The first kappa shape index (κ1) is 12.9. The Labute approximate surface area is 83.4 Å². The van der Waals surface area contributed by atoms with Gasteiger partial charge in [0.15, 0.2) is 0 Å². The molecule has 0 atom stereocenters. The van der Waals surface area contributed by atoms with Gasteiger partial charge in [0.2, 0.25) is 11.8 Å². The van der Waals surface area contributed by atoms with E-state index >= 15 is 0 Å². The largest absolute Gasteiger partial charge is 0.354 e. The topological polar surface area (TPSA) is 110 Å². The van der Waals surface area contributed by atoms with Gasteiger partial charge >= 0.3 is 0 Å². The molecule has 0 unspecified atom stereocenters. The van der Waals surface area contributed by atoms with Gasteiger partial charge in [-0.15, -0.1) is 0 Å². The second-order valence-corrected chi connectivity index (χ2v) is 2.78. The van der Waals surface area contributed by atoms with Gasteiger partial charge < -0.3 is 22.1 Å². The van der Waals surface area contributed by atoms with Crippen molar-refractivity contribution in [1.29, 1.82) is 0 Å². The molecule has 0 aromatic carbocycles. The first-order valence-corrected chi connectivity index (χ1v) is 4.64. The summed E-state index contributed by atoms with van der Waals surface area (Å²) in [6, 6.07) is 0. The Morgan fingerprint density at radius 3 is 1.50 bits per heavy atom. The smallest absolute Gasteiger partial charge is 0.221 e. The lowest BCUT2D eigenvalue weighted by Gasteiger charge is -2.05. The molecule has 0 aliphatic carbocycles. The highest BCUT2D eigenvalue weighted by Gasteiger charge is 1.99. The zero-order chi connectivity index (χ0) is 10.8. The van der Waals surface area contributed by atoms with E-state index < -0.39 is 0 Å². The molecule has 0 aliphatic heterocycles. The second kappa shape index (κ2) is 8.46. The van der Waals surface area contributed by atoms with Gasteiger partial charge in [-0.1, -0.05) is 0 Å². The third kappa shape index (κ3) is 7.51. The molecule has 0 aromatic heterocycles. The van der Waals surface area contributed by atoms with E-state index in [1.807, 2.05) is 0 Å². The van der Waals surface area contributed by atoms with E-state index in [9.17, 15) is 9.59 Å². The number of amides is 2. The Balaban J connectivity index is 3.28. The van der Waals surface area contributed by atoms with Crippen molar-refractivity contribution in [3.63, 3.8) is 0 Å². The molecule has 2 amide bonds. The molecule has 0 aromatic rings. The van der Waals surface area contributed by atoms with Gasteiger partial charge in [-0.2, -0.15) is 0 Å². The molecule has 6 heteroatoms. The first-order valence-electron chi connectivity index (χ1n) is 4.64. The summed E-state index contributed by atoms with van der Waals surface area (Å²) in [5.74, 6) is -0.193. The number of carbonyl (C=O) groups excluding carboxylic acids is 2. The summed E-state index contributed by atoms with van der Waals surface area (Å²) in [4.78, 5) is 21.8. The van der Waals surface area contributed by atoms with Crippen LogP contribution in [0, 0.1) is 0 Å². The Bertz CT molecular complexity index is 164. The average molecular weight is 202 g/mol. The van der Waals surface area contributed by atoms with Crippen LogP contribution in [0.2, 0.25) is 0 Å². The molecule has 0 fully saturated rings. The predicted molar refractivity (Wildman–Crippen MR) is 53.4 cm³/mol. The van der Waals surface area contributed by atoms with Crippen molar-refractivity contribution in [2.24, 2.45) is 11.5 Å². The third-order valence-electron chi connectivity index (χ3n) is 1.51. The highest BCUT2D eigenvalue weighted by Crippen LogP contribution is 1.75. The molecule has 0 bridgehead atoms. The van der Waals surface area contributed by atoms with E-state index in [4.69, 9.17) is 11.5 Å². The number of hydrogen-bond acceptors (Lipinski definition) is 4. The zero-order valence-electron chi connectivity index (χ0n) is 8.21. The van der Waals surface area contributed by atoms with Crippen LogP contribution in [0.1, 0.15) is 12.8 Å². The van der Waals surface area contributed by atoms with Crippen molar-refractivity contribution in [2.45, 2.75) is 12.8 Å². The summed E-state index contributed by atoms with van der Waals surface area (Å²) in [6.07, 6.45) is 0.632. The van der Waals surface area contributed by atoms with Crippen molar-refractivity contribution in [3.8, 4) is 0 Å². The molecule has 0 rings (SSSR count). The van der Waals surface area contributed by atoms with Crippen molar-refractivity contribution in [3.05, 3.63) is 0 Å². The summed E-state index contributed by atoms with van der Waals surface area (Å²) in [5.41, 5.74) is 10.4. The van der Waals surface area contributed by atoms with Crippen molar-refractivity contribution in [2.75, 3.05) is 26.2 Å². The Kier molecular flexibility index (Phi) is 7.77. The highest BCUT2D eigenvalue weighted by atomic mass is 16.2. The molecule has 0 aliphatic rings. The van der Waals surface area contributed by atoms with E-state index in [0.717, 1.165) is 0 Å². The highest BCUT2D eigenvalue weighted by molar-refractivity contribution is 5.77. The minimum atomic E-state index is -0.0967.